The predicted octanol–water partition coefficient (Wildman–Crippen LogP) is 4.97. The summed E-state index contributed by atoms with van der Waals surface area (Å²) < 4.78 is 7.74. The monoisotopic (exact) mass is 397 g/mol. The molecule has 2 nitrogen and oxygen atoms in total. The van der Waals surface area contributed by atoms with Crippen molar-refractivity contribution in [1.82, 2.24) is 0 Å². The molecule has 2 aromatic carbocycles. The van der Waals surface area contributed by atoms with Crippen LogP contribution in [0.3, 0.4) is 0 Å². The first kappa shape index (κ1) is 15.5. The molecular formula is C16H17Br2NO. The fraction of sp³-hybridized carbons (Fsp3) is 0.250. The quantitative estimate of drug-likeness (QED) is 0.789. The number of benzene rings is 2. The number of halogens is 2. The van der Waals surface area contributed by atoms with Gasteiger partial charge in [0, 0.05) is 14.5 Å². The van der Waals surface area contributed by atoms with Crippen LogP contribution in [0, 0.1) is 6.92 Å². The lowest BCUT2D eigenvalue weighted by molar-refractivity contribution is 0.335. The lowest BCUT2D eigenvalue weighted by Gasteiger charge is -2.18. The second-order valence-corrected chi connectivity index (χ2v) is 6.37. The summed E-state index contributed by atoms with van der Waals surface area (Å²) in [4.78, 5) is 0. The minimum Gasteiger partial charge on any atom is -0.494 e. The van der Waals surface area contributed by atoms with Crippen molar-refractivity contribution in [2.75, 3.05) is 6.61 Å². The van der Waals surface area contributed by atoms with E-state index in [4.69, 9.17) is 10.5 Å². The summed E-state index contributed by atoms with van der Waals surface area (Å²) >= 11 is 7.05. The molecule has 0 fully saturated rings. The summed E-state index contributed by atoms with van der Waals surface area (Å²) in [7, 11) is 0. The molecule has 4 heteroatoms. The van der Waals surface area contributed by atoms with Crippen LogP contribution in [-0.4, -0.2) is 6.61 Å². The van der Waals surface area contributed by atoms with E-state index in [1.165, 1.54) is 5.56 Å². The summed E-state index contributed by atoms with van der Waals surface area (Å²) in [6, 6.07) is 11.9. The Morgan fingerprint density at radius 3 is 2.55 bits per heavy atom. The van der Waals surface area contributed by atoms with E-state index in [0.717, 1.165) is 25.8 Å². The number of hydrogen-bond donors (Lipinski definition) is 1. The average molecular weight is 399 g/mol. The Morgan fingerprint density at radius 2 is 1.90 bits per heavy atom. The van der Waals surface area contributed by atoms with E-state index in [1.54, 1.807) is 0 Å². The maximum absolute atomic E-state index is 6.41. The topological polar surface area (TPSA) is 35.2 Å². The van der Waals surface area contributed by atoms with Crippen molar-refractivity contribution in [3.8, 4) is 5.75 Å². The Morgan fingerprint density at radius 1 is 1.15 bits per heavy atom. The molecule has 2 aromatic rings. The molecule has 1 atom stereocenters. The third-order valence-corrected chi connectivity index (χ3v) is 4.51. The molecule has 2 rings (SSSR count). The van der Waals surface area contributed by atoms with Crippen molar-refractivity contribution < 1.29 is 4.74 Å². The van der Waals surface area contributed by atoms with E-state index in [-0.39, 0.29) is 6.04 Å². The van der Waals surface area contributed by atoms with Crippen LogP contribution in [0.4, 0.5) is 0 Å². The molecule has 0 aliphatic rings. The van der Waals surface area contributed by atoms with E-state index < -0.39 is 0 Å². The molecule has 0 amide bonds. The lowest BCUT2D eigenvalue weighted by atomic mass is 9.98. The van der Waals surface area contributed by atoms with Crippen LogP contribution in [0.5, 0.6) is 5.75 Å². The fourth-order valence-corrected chi connectivity index (χ4v) is 2.81. The summed E-state index contributed by atoms with van der Waals surface area (Å²) in [5, 5.41) is 0. The Bertz CT molecular complexity index is 613. The smallest absolute Gasteiger partial charge is 0.124 e. The van der Waals surface area contributed by atoms with E-state index in [2.05, 4.69) is 57.0 Å². The first-order valence-corrected chi connectivity index (χ1v) is 8.05. The van der Waals surface area contributed by atoms with Crippen molar-refractivity contribution in [3.05, 3.63) is 62.0 Å². The summed E-state index contributed by atoms with van der Waals surface area (Å²) in [6.45, 7) is 4.66. The van der Waals surface area contributed by atoms with Gasteiger partial charge in [0.25, 0.3) is 0 Å². The highest BCUT2D eigenvalue weighted by molar-refractivity contribution is 9.10. The van der Waals surface area contributed by atoms with Crippen molar-refractivity contribution in [1.29, 1.82) is 0 Å². The molecule has 2 N–H and O–H groups in total. The molecule has 0 radical (unpaired) electrons. The molecule has 0 saturated carbocycles. The summed E-state index contributed by atoms with van der Waals surface area (Å²) in [6.07, 6.45) is 0. The first-order chi connectivity index (χ1) is 9.52. The highest BCUT2D eigenvalue weighted by Gasteiger charge is 2.15. The van der Waals surface area contributed by atoms with E-state index in [9.17, 15) is 0 Å². The third kappa shape index (κ3) is 3.43. The van der Waals surface area contributed by atoms with Gasteiger partial charge in [-0.25, -0.2) is 0 Å². The van der Waals surface area contributed by atoms with Gasteiger partial charge < -0.3 is 10.5 Å². The molecule has 0 aliphatic carbocycles. The molecule has 0 bridgehead atoms. The molecule has 20 heavy (non-hydrogen) atoms. The zero-order valence-electron chi connectivity index (χ0n) is 11.5. The van der Waals surface area contributed by atoms with Crippen molar-refractivity contribution >= 4 is 31.9 Å². The molecule has 0 heterocycles. The highest BCUT2D eigenvalue weighted by Crippen LogP contribution is 2.32. The van der Waals surface area contributed by atoms with Gasteiger partial charge in [-0.2, -0.15) is 0 Å². The maximum Gasteiger partial charge on any atom is 0.124 e. The normalized spacial score (nSPS) is 12.2. The van der Waals surface area contributed by atoms with E-state index in [0.29, 0.717) is 6.61 Å². The Balaban J connectivity index is 2.43. The Labute approximate surface area is 136 Å². The molecule has 0 spiro atoms. The number of aryl methyl sites for hydroxylation is 1. The second kappa shape index (κ2) is 6.74. The van der Waals surface area contributed by atoms with Crippen LogP contribution >= 0.6 is 31.9 Å². The zero-order chi connectivity index (χ0) is 14.7. The van der Waals surface area contributed by atoms with Crippen molar-refractivity contribution in [3.63, 3.8) is 0 Å². The molecule has 0 saturated heterocycles. The van der Waals surface area contributed by atoms with Crippen LogP contribution in [0.25, 0.3) is 0 Å². The van der Waals surface area contributed by atoms with Crippen LogP contribution in [0.1, 0.15) is 29.7 Å². The van der Waals surface area contributed by atoms with Crippen molar-refractivity contribution in [2.45, 2.75) is 19.9 Å². The van der Waals surface area contributed by atoms with Gasteiger partial charge in [0.2, 0.25) is 0 Å². The average Bonchev–Trinajstić information content (AvgIpc) is 2.43. The minimum absolute atomic E-state index is 0.217. The predicted molar refractivity (Wildman–Crippen MR) is 90.2 cm³/mol. The molecule has 0 aliphatic heterocycles. The highest BCUT2D eigenvalue weighted by atomic mass is 79.9. The van der Waals surface area contributed by atoms with Gasteiger partial charge in [-0.1, -0.05) is 44.0 Å². The fourth-order valence-electron chi connectivity index (χ4n) is 2.03. The number of rotatable bonds is 4. The van der Waals surface area contributed by atoms with Crippen LogP contribution in [-0.2, 0) is 0 Å². The van der Waals surface area contributed by atoms with Crippen LogP contribution in [0.15, 0.2) is 45.3 Å². The van der Waals surface area contributed by atoms with Gasteiger partial charge in [-0.15, -0.1) is 0 Å². The number of ether oxygens (including phenoxy) is 1. The first-order valence-electron chi connectivity index (χ1n) is 6.46. The number of hydrogen-bond acceptors (Lipinski definition) is 2. The van der Waals surface area contributed by atoms with Crippen LogP contribution in [0.2, 0.25) is 0 Å². The van der Waals surface area contributed by atoms with Gasteiger partial charge in [-0.05, 0) is 49.2 Å². The van der Waals surface area contributed by atoms with Gasteiger partial charge in [0.15, 0.2) is 0 Å². The molecule has 106 valence electrons. The molecule has 0 aromatic heterocycles. The molecular weight excluding hydrogens is 382 g/mol. The Kier molecular flexibility index (Phi) is 5.24. The standard InChI is InChI=1S/C16H17Br2NO/c1-3-20-15-7-6-12(17)9-13(15)16(19)11-5-4-10(2)14(18)8-11/h4-9,16H,3,19H2,1-2H3. The van der Waals surface area contributed by atoms with E-state index in [1.807, 2.05) is 25.1 Å². The summed E-state index contributed by atoms with van der Waals surface area (Å²) in [5.74, 6) is 0.833. The van der Waals surface area contributed by atoms with Crippen molar-refractivity contribution in [2.24, 2.45) is 5.73 Å². The van der Waals surface area contributed by atoms with Gasteiger partial charge in [0.05, 0.1) is 12.6 Å². The zero-order valence-corrected chi connectivity index (χ0v) is 14.7. The number of nitrogens with two attached hydrogens (primary N) is 1. The van der Waals surface area contributed by atoms with Gasteiger partial charge in [0.1, 0.15) is 5.75 Å². The van der Waals surface area contributed by atoms with Gasteiger partial charge in [-0.3, -0.25) is 0 Å². The maximum atomic E-state index is 6.41. The molecule has 1 unspecified atom stereocenters. The Hall–Kier alpha value is -0.840. The minimum atomic E-state index is -0.217. The summed E-state index contributed by atoms with van der Waals surface area (Å²) in [5.41, 5.74) is 9.65. The largest absolute Gasteiger partial charge is 0.494 e. The van der Waals surface area contributed by atoms with E-state index >= 15 is 0 Å². The van der Waals surface area contributed by atoms with Gasteiger partial charge >= 0.3 is 0 Å². The second-order valence-electron chi connectivity index (χ2n) is 4.60. The third-order valence-electron chi connectivity index (χ3n) is 3.16. The SMILES string of the molecule is CCOc1ccc(Br)cc1C(N)c1ccc(C)c(Br)c1. The lowest BCUT2D eigenvalue weighted by Crippen LogP contribution is -2.13. The van der Waals surface area contributed by atoms with Crippen LogP contribution < -0.4 is 10.5 Å².